The number of nitrogens with one attached hydrogen (secondary N) is 1. The second-order valence-corrected chi connectivity index (χ2v) is 5.57. The molecule has 0 saturated heterocycles. The first-order valence-corrected chi connectivity index (χ1v) is 6.26. The van der Waals surface area contributed by atoms with Gasteiger partial charge in [-0.3, -0.25) is 4.68 Å². The third-order valence-corrected chi connectivity index (χ3v) is 2.93. The molecule has 0 radical (unpaired) electrons. The molecular weight excluding hydrogens is 210 g/mol. The molecule has 1 aromatic rings. The Balaban J connectivity index is 2.77. The molecule has 0 aliphatic carbocycles. The molecule has 1 aromatic heterocycles. The van der Waals surface area contributed by atoms with Crippen LogP contribution in [0, 0.1) is 6.92 Å². The van der Waals surface area contributed by atoms with Crippen LogP contribution in [0.15, 0.2) is 11.8 Å². The van der Waals surface area contributed by atoms with Crippen LogP contribution in [0.1, 0.15) is 45.4 Å². The first-order valence-electron chi connectivity index (χ1n) is 6.26. The van der Waals surface area contributed by atoms with E-state index in [1.807, 2.05) is 17.9 Å². The molecule has 0 bridgehead atoms. The van der Waals surface area contributed by atoms with Crippen molar-refractivity contribution in [2.24, 2.45) is 7.05 Å². The highest BCUT2D eigenvalue weighted by atomic mass is 15.3. The standard InChI is InChI=1S/C14H25N3/c1-7-12(9-15-14(3,4)5)8-13-10-16-17(6)11(13)2/h8,10,15H,7,9H2,1-6H3. The van der Waals surface area contributed by atoms with Crippen LogP contribution in [0.25, 0.3) is 6.08 Å². The number of hydrogen-bond acceptors (Lipinski definition) is 2. The summed E-state index contributed by atoms with van der Waals surface area (Å²) in [5.41, 5.74) is 4.01. The van der Waals surface area contributed by atoms with Gasteiger partial charge in [-0.1, -0.05) is 18.6 Å². The highest BCUT2D eigenvalue weighted by Gasteiger charge is 2.09. The summed E-state index contributed by atoms with van der Waals surface area (Å²) < 4.78 is 1.91. The van der Waals surface area contributed by atoms with E-state index in [1.165, 1.54) is 16.8 Å². The van der Waals surface area contributed by atoms with Crippen molar-refractivity contribution in [3.63, 3.8) is 0 Å². The molecule has 0 fully saturated rings. The van der Waals surface area contributed by atoms with Crippen LogP contribution in [-0.2, 0) is 7.05 Å². The summed E-state index contributed by atoms with van der Waals surface area (Å²) in [4.78, 5) is 0. The smallest absolute Gasteiger partial charge is 0.0564 e. The van der Waals surface area contributed by atoms with Gasteiger partial charge >= 0.3 is 0 Å². The molecule has 1 N–H and O–H groups in total. The molecular formula is C14H25N3. The van der Waals surface area contributed by atoms with E-state index >= 15 is 0 Å². The Morgan fingerprint density at radius 3 is 2.53 bits per heavy atom. The molecule has 0 spiro atoms. The van der Waals surface area contributed by atoms with Gasteiger partial charge in [0.05, 0.1) is 6.20 Å². The van der Waals surface area contributed by atoms with Crippen LogP contribution in [0.2, 0.25) is 0 Å². The Kier molecular flexibility index (Phi) is 4.52. The van der Waals surface area contributed by atoms with Crippen molar-refractivity contribution < 1.29 is 0 Å². The van der Waals surface area contributed by atoms with Gasteiger partial charge in [0.1, 0.15) is 0 Å². The summed E-state index contributed by atoms with van der Waals surface area (Å²) in [7, 11) is 1.98. The van der Waals surface area contributed by atoms with Gasteiger partial charge in [-0.25, -0.2) is 0 Å². The van der Waals surface area contributed by atoms with Gasteiger partial charge in [-0.2, -0.15) is 5.10 Å². The van der Waals surface area contributed by atoms with Gasteiger partial charge < -0.3 is 5.32 Å². The van der Waals surface area contributed by atoms with Gasteiger partial charge in [0.2, 0.25) is 0 Å². The predicted octanol–water partition coefficient (Wildman–Crippen LogP) is 2.91. The number of hydrogen-bond donors (Lipinski definition) is 1. The molecule has 0 unspecified atom stereocenters. The molecule has 0 aliphatic heterocycles. The van der Waals surface area contributed by atoms with E-state index < -0.39 is 0 Å². The minimum atomic E-state index is 0.165. The number of aromatic nitrogens is 2. The second-order valence-electron chi connectivity index (χ2n) is 5.57. The lowest BCUT2D eigenvalue weighted by Crippen LogP contribution is -2.36. The van der Waals surface area contributed by atoms with E-state index in [4.69, 9.17) is 0 Å². The maximum absolute atomic E-state index is 4.26. The molecule has 0 amide bonds. The van der Waals surface area contributed by atoms with Gasteiger partial charge in [0.15, 0.2) is 0 Å². The third kappa shape index (κ3) is 4.35. The molecule has 0 aromatic carbocycles. The fourth-order valence-corrected chi connectivity index (χ4v) is 1.53. The fraction of sp³-hybridized carbons (Fsp3) is 0.643. The SMILES string of the molecule is CCC(=Cc1cnn(C)c1C)CNC(C)(C)C. The zero-order valence-corrected chi connectivity index (χ0v) is 12.0. The summed E-state index contributed by atoms with van der Waals surface area (Å²) in [5.74, 6) is 0. The van der Waals surface area contributed by atoms with Crippen molar-refractivity contribution >= 4 is 6.08 Å². The Bertz CT molecular complexity index is 394. The van der Waals surface area contributed by atoms with Crippen LogP contribution in [0.4, 0.5) is 0 Å². The van der Waals surface area contributed by atoms with E-state index in [0.717, 1.165) is 13.0 Å². The molecule has 0 saturated carbocycles. The summed E-state index contributed by atoms with van der Waals surface area (Å²) >= 11 is 0. The van der Waals surface area contributed by atoms with Gasteiger partial charge in [-0.15, -0.1) is 0 Å². The topological polar surface area (TPSA) is 29.9 Å². The minimum Gasteiger partial charge on any atom is -0.308 e. The lowest BCUT2D eigenvalue weighted by Gasteiger charge is -2.21. The maximum atomic E-state index is 4.26. The van der Waals surface area contributed by atoms with Crippen LogP contribution in [0.3, 0.4) is 0 Å². The van der Waals surface area contributed by atoms with Crippen molar-refractivity contribution in [1.29, 1.82) is 0 Å². The maximum Gasteiger partial charge on any atom is 0.0564 e. The molecule has 0 atom stereocenters. The summed E-state index contributed by atoms with van der Waals surface area (Å²) in [6, 6.07) is 0. The summed E-state index contributed by atoms with van der Waals surface area (Å²) in [5, 5.41) is 7.79. The van der Waals surface area contributed by atoms with E-state index in [1.54, 1.807) is 0 Å². The minimum absolute atomic E-state index is 0.165. The first-order chi connectivity index (χ1) is 7.83. The third-order valence-electron chi connectivity index (χ3n) is 2.93. The van der Waals surface area contributed by atoms with Gasteiger partial charge in [0.25, 0.3) is 0 Å². The monoisotopic (exact) mass is 235 g/mol. The first kappa shape index (κ1) is 14.0. The Morgan fingerprint density at radius 1 is 1.47 bits per heavy atom. The fourth-order valence-electron chi connectivity index (χ4n) is 1.53. The molecule has 96 valence electrons. The molecule has 3 heteroatoms. The van der Waals surface area contributed by atoms with E-state index in [2.05, 4.69) is 51.1 Å². The van der Waals surface area contributed by atoms with Gasteiger partial charge in [-0.05, 0) is 34.1 Å². The highest BCUT2D eigenvalue weighted by Crippen LogP contribution is 2.13. The van der Waals surface area contributed by atoms with Crippen molar-refractivity contribution in [3.05, 3.63) is 23.0 Å². The predicted molar refractivity (Wildman–Crippen MR) is 74.0 cm³/mol. The van der Waals surface area contributed by atoms with Crippen LogP contribution >= 0.6 is 0 Å². The van der Waals surface area contributed by atoms with E-state index in [0.29, 0.717) is 0 Å². The average molecular weight is 235 g/mol. The van der Waals surface area contributed by atoms with Crippen molar-refractivity contribution in [2.75, 3.05) is 6.54 Å². The molecule has 1 heterocycles. The van der Waals surface area contributed by atoms with Gasteiger partial charge in [0, 0.05) is 30.4 Å². The zero-order chi connectivity index (χ0) is 13.1. The molecule has 0 aliphatic rings. The van der Waals surface area contributed by atoms with E-state index in [9.17, 15) is 0 Å². The quantitative estimate of drug-likeness (QED) is 0.869. The highest BCUT2D eigenvalue weighted by molar-refractivity contribution is 5.54. The molecule has 17 heavy (non-hydrogen) atoms. The number of nitrogens with zero attached hydrogens (tertiary/aromatic N) is 2. The number of rotatable bonds is 4. The molecule has 1 rings (SSSR count). The van der Waals surface area contributed by atoms with Crippen molar-refractivity contribution in [2.45, 2.75) is 46.6 Å². The molecule has 3 nitrogen and oxygen atoms in total. The average Bonchev–Trinajstić information content (AvgIpc) is 2.54. The lowest BCUT2D eigenvalue weighted by molar-refractivity contribution is 0.443. The van der Waals surface area contributed by atoms with Crippen LogP contribution < -0.4 is 5.32 Å². The Hall–Kier alpha value is -1.09. The van der Waals surface area contributed by atoms with Crippen LogP contribution in [-0.4, -0.2) is 21.9 Å². The normalized spacial score (nSPS) is 13.2. The summed E-state index contributed by atoms with van der Waals surface area (Å²) in [6.07, 6.45) is 5.25. The zero-order valence-electron chi connectivity index (χ0n) is 12.0. The van der Waals surface area contributed by atoms with Crippen molar-refractivity contribution in [3.8, 4) is 0 Å². The van der Waals surface area contributed by atoms with E-state index in [-0.39, 0.29) is 5.54 Å². The van der Waals surface area contributed by atoms with Crippen LogP contribution in [0.5, 0.6) is 0 Å². The second kappa shape index (κ2) is 5.50. The number of aryl methyl sites for hydroxylation is 1. The van der Waals surface area contributed by atoms with Crippen molar-refractivity contribution in [1.82, 2.24) is 15.1 Å². The summed E-state index contributed by atoms with van der Waals surface area (Å²) in [6.45, 7) is 11.8. The lowest BCUT2D eigenvalue weighted by atomic mass is 10.1. The largest absolute Gasteiger partial charge is 0.308 e. The Morgan fingerprint density at radius 2 is 2.12 bits per heavy atom. The Labute approximate surface area is 105 Å².